The standard InChI is InChI=1S/C21H26N4O/c26-21(19-10-4-5-11-22-19)25-12-6-9-17(15-25)20-18(14-23-24-20)13-16-7-2-1-3-8-16/h1-5,7-8,10-11,17-18,20,23-24H,6,9,12-15H2. The Balaban J connectivity index is 1.42. The van der Waals surface area contributed by atoms with Crippen LogP contribution in [0, 0.1) is 11.8 Å². The van der Waals surface area contributed by atoms with Crippen LogP contribution in [-0.4, -0.2) is 41.5 Å². The molecule has 2 aliphatic rings. The molecule has 3 atom stereocenters. The highest BCUT2D eigenvalue weighted by atomic mass is 16.2. The van der Waals surface area contributed by atoms with Gasteiger partial charge in [-0.3, -0.25) is 20.6 Å². The molecule has 5 heteroatoms. The van der Waals surface area contributed by atoms with Crippen molar-refractivity contribution in [2.75, 3.05) is 19.6 Å². The van der Waals surface area contributed by atoms with E-state index in [-0.39, 0.29) is 5.91 Å². The molecule has 0 spiro atoms. The fraction of sp³-hybridized carbons (Fsp3) is 0.429. The number of hydrogen-bond donors (Lipinski definition) is 2. The minimum absolute atomic E-state index is 0.0564. The fourth-order valence-corrected chi connectivity index (χ4v) is 4.31. The highest BCUT2D eigenvalue weighted by molar-refractivity contribution is 5.92. The lowest BCUT2D eigenvalue weighted by Crippen LogP contribution is -2.49. The van der Waals surface area contributed by atoms with E-state index in [4.69, 9.17) is 0 Å². The molecule has 3 heterocycles. The number of aromatic nitrogens is 1. The topological polar surface area (TPSA) is 57.3 Å². The molecule has 0 radical (unpaired) electrons. The minimum atomic E-state index is 0.0564. The van der Waals surface area contributed by atoms with Crippen molar-refractivity contribution < 1.29 is 4.79 Å². The highest BCUT2D eigenvalue weighted by Crippen LogP contribution is 2.28. The first-order chi connectivity index (χ1) is 12.8. The van der Waals surface area contributed by atoms with Gasteiger partial charge in [-0.15, -0.1) is 0 Å². The van der Waals surface area contributed by atoms with Crippen LogP contribution < -0.4 is 10.9 Å². The lowest BCUT2D eigenvalue weighted by molar-refractivity contribution is 0.0629. The molecule has 1 amide bonds. The summed E-state index contributed by atoms with van der Waals surface area (Å²) in [6.07, 6.45) is 4.97. The van der Waals surface area contributed by atoms with Crippen LogP contribution in [0.3, 0.4) is 0 Å². The Morgan fingerprint density at radius 2 is 2.00 bits per heavy atom. The summed E-state index contributed by atoms with van der Waals surface area (Å²) >= 11 is 0. The summed E-state index contributed by atoms with van der Waals surface area (Å²) in [7, 11) is 0. The molecule has 1 aromatic carbocycles. The van der Waals surface area contributed by atoms with Crippen LogP contribution >= 0.6 is 0 Å². The predicted molar refractivity (Wildman–Crippen MR) is 101 cm³/mol. The maximum Gasteiger partial charge on any atom is 0.272 e. The van der Waals surface area contributed by atoms with Crippen LogP contribution in [0.5, 0.6) is 0 Å². The van der Waals surface area contributed by atoms with Gasteiger partial charge < -0.3 is 4.90 Å². The van der Waals surface area contributed by atoms with E-state index in [9.17, 15) is 4.79 Å². The van der Waals surface area contributed by atoms with Crippen LogP contribution in [0.1, 0.15) is 28.9 Å². The van der Waals surface area contributed by atoms with Gasteiger partial charge in [0, 0.05) is 31.9 Å². The lowest BCUT2D eigenvalue weighted by atomic mass is 9.81. The summed E-state index contributed by atoms with van der Waals surface area (Å²) in [6, 6.07) is 16.6. The number of hydrazine groups is 1. The first-order valence-electron chi connectivity index (χ1n) is 9.54. The average Bonchev–Trinajstić information content (AvgIpc) is 3.17. The van der Waals surface area contributed by atoms with E-state index in [1.54, 1.807) is 12.3 Å². The van der Waals surface area contributed by atoms with Gasteiger partial charge in [-0.25, -0.2) is 0 Å². The zero-order valence-electron chi connectivity index (χ0n) is 15.0. The maximum absolute atomic E-state index is 12.8. The van der Waals surface area contributed by atoms with Crippen molar-refractivity contribution in [2.24, 2.45) is 11.8 Å². The Bertz CT molecular complexity index is 721. The molecule has 5 nitrogen and oxygen atoms in total. The number of carbonyl (C=O) groups excluding carboxylic acids is 1. The Labute approximate surface area is 154 Å². The van der Waals surface area contributed by atoms with Gasteiger partial charge in [0.2, 0.25) is 0 Å². The molecule has 4 rings (SSSR count). The number of carbonyl (C=O) groups is 1. The number of pyridine rings is 1. The third-order valence-electron chi connectivity index (χ3n) is 5.62. The molecular formula is C21H26N4O. The summed E-state index contributed by atoms with van der Waals surface area (Å²) in [5, 5.41) is 0. The highest BCUT2D eigenvalue weighted by Gasteiger charge is 2.37. The van der Waals surface area contributed by atoms with Crippen LogP contribution in [0.15, 0.2) is 54.7 Å². The number of likely N-dealkylation sites (tertiary alicyclic amines) is 1. The van der Waals surface area contributed by atoms with Gasteiger partial charge >= 0.3 is 0 Å². The zero-order chi connectivity index (χ0) is 17.8. The van der Waals surface area contributed by atoms with E-state index >= 15 is 0 Å². The Kier molecular flexibility index (Phi) is 5.27. The minimum Gasteiger partial charge on any atom is -0.337 e. The van der Waals surface area contributed by atoms with E-state index in [1.807, 2.05) is 17.0 Å². The Morgan fingerprint density at radius 3 is 2.81 bits per heavy atom. The smallest absolute Gasteiger partial charge is 0.272 e. The van der Waals surface area contributed by atoms with E-state index < -0.39 is 0 Å². The Hall–Kier alpha value is -2.24. The third kappa shape index (κ3) is 3.79. The van der Waals surface area contributed by atoms with E-state index in [0.717, 1.165) is 38.9 Å². The summed E-state index contributed by atoms with van der Waals surface area (Å²) in [6.45, 7) is 2.61. The first kappa shape index (κ1) is 17.2. The van der Waals surface area contributed by atoms with Crippen molar-refractivity contribution in [1.29, 1.82) is 0 Å². The van der Waals surface area contributed by atoms with Crippen LogP contribution in [0.2, 0.25) is 0 Å². The lowest BCUT2D eigenvalue weighted by Gasteiger charge is -2.37. The molecule has 26 heavy (non-hydrogen) atoms. The molecular weight excluding hydrogens is 324 g/mol. The van der Waals surface area contributed by atoms with Gasteiger partial charge in [0.05, 0.1) is 0 Å². The van der Waals surface area contributed by atoms with Crippen molar-refractivity contribution in [2.45, 2.75) is 25.3 Å². The summed E-state index contributed by atoms with van der Waals surface area (Å²) in [4.78, 5) is 19.0. The van der Waals surface area contributed by atoms with Gasteiger partial charge in [-0.2, -0.15) is 0 Å². The van der Waals surface area contributed by atoms with E-state index in [2.05, 4.69) is 46.2 Å². The van der Waals surface area contributed by atoms with Gasteiger partial charge in [0.15, 0.2) is 0 Å². The largest absolute Gasteiger partial charge is 0.337 e. The SMILES string of the molecule is O=C(c1ccccn1)N1CCCC(C2NNCC2Cc2ccccc2)C1. The summed E-state index contributed by atoms with van der Waals surface area (Å²) < 4.78 is 0. The number of amides is 1. The molecule has 0 bridgehead atoms. The van der Waals surface area contributed by atoms with Crippen molar-refractivity contribution in [3.05, 3.63) is 66.0 Å². The molecule has 1 aromatic heterocycles. The molecule has 2 aliphatic heterocycles. The van der Waals surface area contributed by atoms with Crippen molar-refractivity contribution >= 4 is 5.91 Å². The molecule has 2 aromatic rings. The molecule has 0 saturated carbocycles. The van der Waals surface area contributed by atoms with Gasteiger partial charge in [0.25, 0.3) is 5.91 Å². The quantitative estimate of drug-likeness (QED) is 0.888. The molecule has 2 saturated heterocycles. The second-order valence-corrected chi connectivity index (χ2v) is 7.37. The number of benzene rings is 1. The van der Waals surface area contributed by atoms with Gasteiger partial charge in [0.1, 0.15) is 5.69 Å². The van der Waals surface area contributed by atoms with E-state index in [1.165, 1.54) is 5.56 Å². The second-order valence-electron chi connectivity index (χ2n) is 7.37. The monoisotopic (exact) mass is 350 g/mol. The van der Waals surface area contributed by atoms with Crippen LogP contribution in [0.4, 0.5) is 0 Å². The number of piperidine rings is 1. The summed E-state index contributed by atoms with van der Waals surface area (Å²) in [5.41, 5.74) is 8.77. The predicted octanol–water partition coefficient (Wildman–Crippen LogP) is 2.27. The molecule has 0 aliphatic carbocycles. The molecule has 136 valence electrons. The Morgan fingerprint density at radius 1 is 1.15 bits per heavy atom. The van der Waals surface area contributed by atoms with Crippen LogP contribution in [-0.2, 0) is 6.42 Å². The van der Waals surface area contributed by atoms with E-state index in [0.29, 0.717) is 23.6 Å². The number of hydrogen-bond acceptors (Lipinski definition) is 4. The number of nitrogens with zero attached hydrogens (tertiary/aromatic N) is 2. The van der Waals surface area contributed by atoms with Crippen LogP contribution in [0.25, 0.3) is 0 Å². The first-order valence-corrected chi connectivity index (χ1v) is 9.54. The summed E-state index contributed by atoms with van der Waals surface area (Å²) in [5.74, 6) is 1.08. The molecule has 3 unspecified atom stereocenters. The maximum atomic E-state index is 12.8. The number of rotatable bonds is 4. The average molecular weight is 350 g/mol. The normalized spacial score (nSPS) is 26.0. The van der Waals surface area contributed by atoms with Gasteiger partial charge in [-0.05, 0) is 48.8 Å². The van der Waals surface area contributed by atoms with Crippen molar-refractivity contribution in [3.63, 3.8) is 0 Å². The molecule has 2 N–H and O–H groups in total. The van der Waals surface area contributed by atoms with Gasteiger partial charge in [-0.1, -0.05) is 36.4 Å². The zero-order valence-corrected chi connectivity index (χ0v) is 15.0. The molecule has 2 fully saturated rings. The third-order valence-corrected chi connectivity index (χ3v) is 5.62. The fourth-order valence-electron chi connectivity index (χ4n) is 4.31. The number of nitrogens with one attached hydrogen (secondary N) is 2. The van der Waals surface area contributed by atoms with Crippen molar-refractivity contribution in [3.8, 4) is 0 Å². The van der Waals surface area contributed by atoms with Crippen molar-refractivity contribution in [1.82, 2.24) is 20.7 Å². The second kappa shape index (κ2) is 7.98.